The second-order valence-corrected chi connectivity index (χ2v) is 12.2. The van der Waals surface area contributed by atoms with Gasteiger partial charge in [0.25, 0.3) is 0 Å². The van der Waals surface area contributed by atoms with E-state index in [1.165, 1.54) is 54.8 Å². The van der Waals surface area contributed by atoms with Crippen LogP contribution in [0.1, 0.15) is 38.5 Å². The van der Waals surface area contributed by atoms with Crippen LogP contribution in [0.3, 0.4) is 0 Å². The molecule has 1 nitrogen and oxygen atoms in total. The molecule has 0 amide bonds. The van der Waals surface area contributed by atoms with E-state index in [0.717, 1.165) is 17.8 Å². The second kappa shape index (κ2) is 5.25. The van der Waals surface area contributed by atoms with Crippen LogP contribution in [0.25, 0.3) is 21.8 Å². The summed E-state index contributed by atoms with van der Waals surface area (Å²) in [5, 5.41) is 4.61. The number of hydrogen-bond acceptors (Lipinski definition) is 0. The highest BCUT2D eigenvalue weighted by Crippen LogP contribution is 2.60. The van der Waals surface area contributed by atoms with Crippen molar-refractivity contribution in [1.82, 2.24) is 4.57 Å². The van der Waals surface area contributed by atoms with Crippen LogP contribution in [0.15, 0.2) is 42.5 Å². The number of hydrogen-bond donors (Lipinski definition) is 0. The Bertz CT molecular complexity index is 976. The number of fused-ring (bicyclic) bond motifs is 3. The van der Waals surface area contributed by atoms with Crippen LogP contribution in [0, 0.1) is 17.8 Å². The Labute approximate surface area is 158 Å². The van der Waals surface area contributed by atoms with Crippen molar-refractivity contribution in [3.05, 3.63) is 42.5 Å². The summed E-state index contributed by atoms with van der Waals surface area (Å²) in [7, 11) is -0.497. The number of nitrogens with zero attached hydrogens (tertiary/aromatic N) is 1. The molecule has 26 heavy (non-hydrogen) atoms. The molecule has 0 N–H and O–H groups in total. The molecule has 1 radical (unpaired) electrons. The lowest BCUT2D eigenvalue weighted by atomic mass is 9.53. The Morgan fingerprint density at radius 2 is 1.42 bits per heavy atom. The van der Waals surface area contributed by atoms with Crippen molar-refractivity contribution in [2.45, 2.75) is 57.2 Å². The maximum atomic E-state index is 2.88. The molecule has 0 unspecified atom stereocenters. The van der Waals surface area contributed by atoms with E-state index >= 15 is 0 Å². The quantitative estimate of drug-likeness (QED) is 0.519. The molecule has 2 aromatic carbocycles. The third-order valence-corrected chi connectivity index (χ3v) is 9.19. The van der Waals surface area contributed by atoms with Crippen molar-refractivity contribution < 1.29 is 0 Å². The van der Waals surface area contributed by atoms with Crippen molar-refractivity contribution in [2.24, 2.45) is 17.8 Å². The Morgan fingerprint density at radius 1 is 0.808 bits per heavy atom. The summed E-state index contributed by atoms with van der Waals surface area (Å²) in [6.07, 6.45) is 8.82. The fraction of sp³-hybridized carbons (Fsp3) is 0.500. The highest BCUT2D eigenvalue weighted by atomic mass is 28.3. The maximum Gasteiger partial charge on any atom is 0.0820 e. The average Bonchev–Trinajstić information content (AvgIpc) is 2.95. The summed E-state index contributed by atoms with van der Waals surface area (Å²) < 4.78 is 2.88. The molecule has 4 fully saturated rings. The van der Waals surface area contributed by atoms with Gasteiger partial charge in [0.1, 0.15) is 0 Å². The molecule has 4 aliphatic carbocycles. The zero-order chi connectivity index (χ0) is 17.5. The van der Waals surface area contributed by atoms with Crippen LogP contribution in [-0.2, 0) is 5.54 Å². The van der Waals surface area contributed by atoms with E-state index in [-0.39, 0.29) is 0 Å². The molecule has 0 atom stereocenters. The fourth-order valence-corrected chi connectivity index (χ4v) is 8.40. The Balaban J connectivity index is 1.72. The molecule has 0 saturated heterocycles. The summed E-state index contributed by atoms with van der Waals surface area (Å²) >= 11 is 0. The van der Waals surface area contributed by atoms with E-state index in [0.29, 0.717) is 5.54 Å². The van der Waals surface area contributed by atoms with E-state index in [1.807, 2.05) is 0 Å². The molecule has 0 aliphatic heterocycles. The summed E-state index contributed by atoms with van der Waals surface area (Å²) in [6.45, 7) is 4.92. The largest absolute Gasteiger partial charge is 0.334 e. The smallest absolute Gasteiger partial charge is 0.0820 e. The summed E-state index contributed by atoms with van der Waals surface area (Å²) in [5.74, 6) is 2.95. The topological polar surface area (TPSA) is 4.93 Å². The first-order chi connectivity index (χ1) is 12.6. The molecule has 4 aliphatic rings. The maximum absolute atomic E-state index is 2.88. The molecule has 4 saturated carbocycles. The Hall–Kier alpha value is -1.54. The first-order valence-electron chi connectivity index (χ1n) is 10.5. The van der Waals surface area contributed by atoms with Crippen molar-refractivity contribution >= 4 is 35.8 Å². The van der Waals surface area contributed by atoms with Gasteiger partial charge in [-0.15, -0.1) is 0 Å². The SMILES string of the molecule is C[Si](C)c1cccc2c3ccccc3n(C34CC5CC(CC(C5)C3)C4)c12. The van der Waals surface area contributed by atoms with Gasteiger partial charge in [-0.3, -0.25) is 0 Å². The van der Waals surface area contributed by atoms with Gasteiger partial charge in [-0.25, -0.2) is 0 Å². The van der Waals surface area contributed by atoms with Crippen molar-refractivity contribution in [3.8, 4) is 0 Å². The molecule has 7 rings (SSSR count). The van der Waals surface area contributed by atoms with E-state index in [1.54, 1.807) is 10.7 Å². The van der Waals surface area contributed by atoms with E-state index in [4.69, 9.17) is 0 Å². The molecule has 2 heteroatoms. The van der Waals surface area contributed by atoms with Gasteiger partial charge in [-0.2, -0.15) is 0 Å². The molecular weight excluding hydrogens is 330 g/mol. The highest BCUT2D eigenvalue weighted by Gasteiger charge is 2.52. The predicted molar refractivity (Wildman–Crippen MR) is 113 cm³/mol. The first kappa shape index (κ1) is 15.5. The van der Waals surface area contributed by atoms with Crippen LogP contribution < -0.4 is 5.19 Å². The van der Waals surface area contributed by atoms with Crippen LogP contribution in [0.5, 0.6) is 0 Å². The molecule has 3 aromatic rings. The van der Waals surface area contributed by atoms with Crippen LogP contribution >= 0.6 is 0 Å². The molecule has 1 heterocycles. The first-order valence-corrected chi connectivity index (χ1v) is 13.0. The van der Waals surface area contributed by atoms with Crippen molar-refractivity contribution in [3.63, 3.8) is 0 Å². The summed E-state index contributed by atoms with van der Waals surface area (Å²) in [6, 6.07) is 16.3. The van der Waals surface area contributed by atoms with Crippen LogP contribution in [0.2, 0.25) is 13.1 Å². The summed E-state index contributed by atoms with van der Waals surface area (Å²) in [5.41, 5.74) is 3.48. The molecule has 0 spiro atoms. The lowest BCUT2D eigenvalue weighted by Gasteiger charge is -2.57. The number of rotatable bonds is 2. The minimum absolute atomic E-state index is 0.392. The standard InChI is InChI=1S/C24H28NSi/c1-26(2)22-9-5-7-20-19-6-3-4-8-21(19)25(23(20)22)24-13-16-10-17(14-24)12-18(11-16)15-24/h3-9,16-18H,10-15H2,1-2H3. The average molecular weight is 359 g/mol. The van der Waals surface area contributed by atoms with Gasteiger partial charge in [-0.05, 0) is 67.5 Å². The normalized spacial score (nSPS) is 33.0. The minimum atomic E-state index is -0.497. The van der Waals surface area contributed by atoms with E-state index in [2.05, 4.69) is 60.1 Å². The molecule has 4 bridgehead atoms. The Kier molecular flexibility index (Phi) is 3.13. The van der Waals surface area contributed by atoms with Gasteiger partial charge in [0, 0.05) is 27.3 Å². The van der Waals surface area contributed by atoms with Crippen LogP contribution in [0.4, 0.5) is 0 Å². The van der Waals surface area contributed by atoms with E-state index in [9.17, 15) is 0 Å². The second-order valence-electron chi connectivity index (χ2n) is 9.70. The van der Waals surface area contributed by atoms with E-state index < -0.39 is 8.80 Å². The van der Waals surface area contributed by atoms with Crippen LogP contribution in [-0.4, -0.2) is 13.4 Å². The summed E-state index contributed by atoms with van der Waals surface area (Å²) in [4.78, 5) is 0. The minimum Gasteiger partial charge on any atom is -0.334 e. The number of benzene rings is 2. The zero-order valence-electron chi connectivity index (χ0n) is 16.0. The monoisotopic (exact) mass is 358 g/mol. The van der Waals surface area contributed by atoms with Crippen molar-refractivity contribution in [1.29, 1.82) is 0 Å². The lowest BCUT2D eigenvalue weighted by molar-refractivity contribution is -0.0386. The zero-order valence-corrected chi connectivity index (χ0v) is 17.0. The van der Waals surface area contributed by atoms with Gasteiger partial charge in [-0.1, -0.05) is 49.5 Å². The lowest BCUT2D eigenvalue weighted by Crippen LogP contribution is -2.52. The molecular formula is C24H28NSi. The third-order valence-electron chi connectivity index (χ3n) is 7.71. The molecule has 1 aromatic heterocycles. The predicted octanol–water partition coefficient (Wildman–Crippen LogP) is 5.68. The highest BCUT2D eigenvalue weighted by molar-refractivity contribution is 6.73. The van der Waals surface area contributed by atoms with Gasteiger partial charge in [0.15, 0.2) is 0 Å². The molecule has 133 valence electrons. The van der Waals surface area contributed by atoms with Gasteiger partial charge in [0.2, 0.25) is 0 Å². The fourth-order valence-electron chi connectivity index (χ4n) is 7.25. The Morgan fingerprint density at radius 3 is 2.08 bits per heavy atom. The van der Waals surface area contributed by atoms with Gasteiger partial charge < -0.3 is 4.57 Å². The third kappa shape index (κ3) is 1.97. The number of para-hydroxylation sites is 2. The van der Waals surface area contributed by atoms with Gasteiger partial charge in [0.05, 0.1) is 8.80 Å². The number of aromatic nitrogens is 1. The van der Waals surface area contributed by atoms with Gasteiger partial charge >= 0.3 is 0 Å². The van der Waals surface area contributed by atoms with Crippen molar-refractivity contribution in [2.75, 3.05) is 0 Å².